The molecule has 0 atom stereocenters. The molecule has 9 nitrogen and oxygen atoms in total. The number of carbonyl (C=O) groups excluding carboxylic acids is 3. The summed E-state index contributed by atoms with van der Waals surface area (Å²) in [5.74, 6) is -0.615. The lowest BCUT2D eigenvalue weighted by atomic mass is 10.1. The van der Waals surface area contributed by atoms with Gasteiger partial charge in [0.15, 0.2) is 0 Å². The SMILES string of the molecule is Cc1cccc(NC(=O)CN2C(=O)S/C(=C/c3ccc(-c4cc([N+](=O)[O-])ccc4Cl)o3)C2=O)c1C. The number of anilines is 1. The third-order valence-corrected chi connectivity index (χ3v) is 6.62. The molecule has 4 rings (SSSR count). The second-order valence-electron chi connectivity index (χ2n) is 7.69. The van der Waals surface area contributed by atoms with E-state index in [1.165, 1.54) is 24.3 Å². The van der Waals surface area contributed by atoms with Gasteiger partial charge in [0.05, 0.1) is 14.9 Å². The van der Waals surface area contributed by atoms with Crippen LogP contribution < -0.4 is 5.32 Å². The number of halogens is 1. The van der Waals surface area contributed by atoms with E-state index in [4.69, 9.17) is 16.0 Å². The smallest absolute Gasteiger partial charge is 0.294 e. The zero-order valence-electron chi connectivity index (χ0n) is 18.5. The minimum atomic E-state index is -0.623. The molecule has 0 unspecified atom stereocenters. The highest BCUT2D eigenvalue weighted by Gasteiger charge is 2.36. The Morgan fingerprint density at radius 2 is 1.97 bits per heavy atom. The standard InChI is InChI=1S/C24H18ClN3O6S/c1-13-4-3-5-19(14(13)2)26-22(29)12-27-23(30)21(35-24(27)31)11-16-7-9-20(34-16)17-10-15(28(32)33)6-8-18(17)25/h3-11H,12H2,1-2H3,(H,26,29)/b21-11+. The quantitative estimate of drug-likeness (QED) is 0.252. The van der Waals surface area contributed by atoms with E-state index in [1.54, 1.807) is 24.3 Å². The van der Waals surface area contributed by atoms with Crippen LogP contribution in [-0.4, -0.2) is 33.4 Å². The summed E-state index contributed by atoms with van der Waals surface area (Å²) in [6, 6.07) is 12.5. The van der Waals surface area contributed by atoms with Gasteiger partial charge in [-0.2, -0.15) is 0 Å². The highest BCUT2D eigenvalue weighted by Crippen LogP contribution is 2.35. The molecule has 178 valence electrons. The highest BCUT2D eigenvalue weighted by atomic mass is 35.5. The minimum Gasteiger partial charge on any atom is -0.457 e. The molecule has 3 amide bonds. The van der Waals surface area contributed by atoms with Crippen molar-refractivity contribution >= 4 is 57.9 Å². The zero-order chi connectivity index (χ0) is 25.3. The number of imide groups is 1. The molecule has 2 aromatic carbocycles. The first-order chi connectivity index (χ1) is 16.6. The Balaban J connectivity index is 1.49. The fourth-order valence-electron chi connectivity index (χ4n) is 3.38. The van der Waals surface area contributed by atoms with Gasteiger partial charge in [-0.05, 0) is 61.0 Å². The molecule has 1 aliphatic heterocycles. The van der Waals surface area contributed by atoms with Gasteiger partial charge in [0, 0.05) is 29.5 Å². The number of amides is 3. The van der Waals surface area contributed by atoms with Crippen LogP contribution >= 0.6 is 23.4 Å². The van der Waals surface area contributed by atoms with Crippen molar-refractivity contribution in [3.63, 3.8) is 0 Å². The molecule has 1 fully saturated rings. The van der Waals surface area contributed by atoms with Gasteiger partial charge in [0.1, 0.15) is 18.1 Å². The van der Waals surface area contributed by atoms with Crippen LogP contribution in [-0.2, 0) is 9.59 Å². The number of hydrogen-bond acceptors (Lipinski definition) is 7. The number of benzene rings is 2. The fraction of sp³-hybridized carbons (Fsp3) is 0.125. The molecule has 1 aliphatic rings. The summed E-state index contributed by atoms with van der Waals surface area (Å²) in [6.07, 6.45) is 1.38. The molecular weight excluding hydrogens is 494 g/mol. The Kier molecular flexibility index (Phi) is 6.77. The maximum atomic E-state index is 12.8. The van der Waals surface area contributed by atoms with Gasteiger partial charge in [0.25, 0.3) is 16.8 Å². The number of nitro benzene ring substituents is 1. The number of thioether (sulfide) groups is 1. The van der Waals surface area contributed by atoms with Gasteiger partial charge < -0.3 is 9.73 Å². The van der Waals surface area contributed by atoms with Gasteiger partial charge in [-0.3, -0.25) is 29.4 Å². The van der Waals surface area contributed by atoms with Crippen LogP contribution in [0.5, 0.6) is 0 Å². The molecular formula is C24H18ClN3O6S. The molecule has 0 radical (unpaired) electrons. The van der Waals surface area contributed by atoms with Crippen molar-refractivity contribution in [1.29, 1.82) is 0 Å². The second-order valence-corrected chi connectivity index (χ2v) is 9.09. The molecule has 0 aliphatic carbocycles. The number of nitro groups is 1. The van der Waals surface area contributed by atoms with Crippen LogP contribution in [0.2, 0.25) is 5.02 Å². The molecule has 2 heterocycles. The molecule has 0 bridgehead atoms. The van der Waals surface area contributed by atoms with Gasteiger partial charge >= 0.3 is 0 Å². The summed E-state index contributed by atoms with van der Waals surface area (Å²) in [7, 11) is 0. The predicted molar refractivity (Wildman–Crippen MR) is 133 cm³/mol. The maximum absolute atomic E-state index is 12.8. The lowest BCUT2D eigenvalue weighted by Gasteiger charge is -2.14. The second kappa shape index (κ2) is 9.77. The molecule has 11 heteroatoms. The number of furan rings is 1. The molecule has 0 saturated carbocycles. The van der Waals surface area contributed by atoms with Crippen LogP contribution in [0.4, 0.5) is 16.2 Å². The first kappa shape index (κ1) is 24.2. The number of nitrogens with one attached hydrogen (secondary N) is 1. The van der Waals surface area contributed by atoms with Crippen molar-refractivity contribution in [2.45, 2.75) is 13.8 Å². The van der Waals surface area contributed by atoms with Gasteiger partial charge in [-0.1, -0.05) is 23.7 Å². The van der Waals surface area contributed by atoms with Crippen LogP contribution in [0.3, 0.4) is 0 Å². The molecule has 35 heavy (non-hydrogen) atoms. The first-order valence-corrected chi connectivity index (χ1v) is 11.5. The van der Waals surface area contributed by atoms with E-state index >= 15 is 0 Å². The number of non-ortho nitro benzene ring substituents is 1. The Morgan fingerprint density at radius 3 is 2.71 bits per heavy atom. The minimum absolute atomic E-state index is 0.0839. The fourth-order valence-corrected chi connectivity index (χ4v) is 4.41. The van der Waals surface area contributed by atoms with Crippen molar-refractivity contribution in [3.05, 3.63) is 85.5 Å². The van der Waals surface area contributed by atoms with Crippen LogP contribution in [0.25, 0.3) is 17.4 Å². The number of nitrogens with zero attached hydrogens (tertiary/aromatic N) is 2. The molecule has 3 aromatic rings. The largest absolute Gasteiger partial charge is 0.457 e. The lowest BCUT2D eigenvalue weighted by molar-refractivity contribution is -0.384. The Morgan fingerprint density at radius 1 is 1.20 bits per heavy atom. The topological polar surface area (TPSA) is 123 Å². The summed E-state index contributed by atoms with van der Waals surface area (Å²) in [5, 5.41) is 13.5. The van der Waals surface area contributed by atoms with Gasteiger partial charge in [-0.15, -0.1) is 0 Å². The van der Waals surface area contributed by atoms with E-state index in [0.717, 1.165) is 16.0 Å². The van der Waals surface area contributed by atoms with E-state index in [1.807, 2.05) is 19.9 Å². The maximum Gasteiger partial charge on any atom is 0.294 e. The Bertz CT molecular complexity index is 1410. The highest BCUT2D eigenvalue weighted by molar-refractivity contribution is 8.18. The van der Waals surface area contributed by atoms with E-state index in [-0.39, 0.29) is 27.1 Å². The summed E-state index contributed by atoms with van der Waals surface area (Å²) in [6.45, 7) is 3.35. The van der Waals surface area contributed by atoms with Crippen LogP contribution in [0, 0.1) is 24.0 Å². The Labute approximate surface area is 208 Å². The zero-order valence-corrected chi connectivity index (χ0v) is 20.1. The Hall–Kier alpha value is -3.89. The summed E-state index contributed by atoms with van der Waals surface area (Å²) in [5.41, 5.74) is 2.67. The molecule has 0 spiro atoms. The van der Waals surface area contributed by atoms with Gasteiger partial charge in [0.2, 0.25) is 5.91 Å². The van der Waals surface area contributed by atoms with Crippen molar-refractivity contribution in [2.75, 3.05) is 11.9 Å². The molecule has 1 saturated heterocycles. The summed E-state index contributed by atoms with van der Waals surface area (Å²) in [4.78, 5) is 49.1. The van der Waals surface area contributed by atoms with Gasteiger partial charge in [-0.25, -0.2) is 0 Å². The van der Waals surface area contributed by atoms with Crippen molar-refractivity contribution < 1.29 is 23.7 Å². The van der Waals surface area contributed by atoms with Crippen molar-refractivity contribution in [1.82, 2.24) is 4.90 Å². The summed E-state index contributed by atoms with van der Waals surface area (Å²) < 4.78 is 5.69. The number of aryl methyl sites for hydroxylation is 1. The van der Waals surface area contributed by atoms with Crippen molar-refractivity contribution in [3.8, 4) is 11.3 Å². The van der Waals surface area contributed by atoms with Crippen LogP contribution in [0.1, 0.15) is 16.9 Å². The van der Waals surface area contributed by atoms with E-state index in [2.05, 4.69) is 5.32 Å². The molecule has 1 aromatic heterocycles. The molecule has 1 N–H and O–H groups in total. The lowest BCUT2D eigenvalue weighted by Crippen LogP contribution is -2.36. The summed E-state index contributed by atoms with van der Waals surface area (Å²) >= 11 is 6.84. The number of carbonyl (C=O) groups is 3. The average Bonchev–Trinajstić information content (AvgIpc) is 3.37. The average molecular weight is 512 g/mol. The third kappa shape index (κ3) is 5.13. The predicted octanol–water partition coefficient (Wildman–Crippen LogP) is 5.80. The number of hydrogen-bond donors (Lipinski definition) is 1. The van der Waals surface area contributed by atoms with E-state index in [9.17, 15) is 24.5 Å². The number of rotatable bonds is 6. The monoisotopic (exact) mass is 511 g/mol. The van der Waals surface area contributed by atoms with Crippen molar-refractivity contribution in [2.24, 2.45) is 0 Å². The van der Waals surface area contributed by atoms with Crippen LogP contribution in [0.15, 0.2) is 57.9 Å². The van der Waals surface area contributed by atoms with E-state index < -0.39 is 28.5 Å². The normalized spacial score (nSPS) is 14.6. The van der Waals surface area contributed by atoms with E-state index in [0.29, 0.717) is 23.0 Å². The first-order valence-electron chi connectivity index (χ1n) is 10.3. The third-order valence-electron chi connectivity index (χ3n) is 5.38.